The molecule has 7 heteroatoms. The van der Waals surface area contributed by atoms with Gasteiger partial charge in [0.05, 0.1) is 0 Å². The molecule has 0 saturated heterocycles. The lowest BCUT2D eigenvalue weighted by molar-refractivity contribution is -0.143. The number of rotatable bonds is 10. The Morgan fingerprint density at radius 2 is 1.70 bits per heavy atom. The van der Waals surface area contributed by atoms with Crippen LogP contribution in [0.25, 0.3) is 0 Å². The highest BCUT2D eigenvalue weighted by molar-refractivity contribution is 5.89. The maximum absolute atomic E-state index is 12.6. The summed E-state index contributed by atoms with van der Waals surface area (Å²) in [6, 6.07) is 7.34. The van der Waals surface area contributed by atoms with Gasteiger partial charge in [-0.05, 0) is 23.8 Å². The molecule has 0 saturated carbocycles. The topological polar surface area (TPSA) is 105 Å². The average molecular weight is 378 g/mol. The molecule has 0 unspecified atom stereocenters. The number of amides is 2. The molecule has 0 bridgehead atoms. The van der Waals surface area contributed by atoms with Gasteiger partial charge in [0, 0.05) is 0 Å². The molecule has 3 N–H and O–H groups in total. The molecule has 1 aromatic rings. The summed E-state index contributed by atoms with van der Waals surface area (Å²) in [5.41, 5.74) is 0.834. The third-order valence-electron chi connectivity index (χ3n) is 4.31. The van der Waals surface area contributed by atoms with Crippen LogP contribution in [0, 0.1) is 11.8 Å². The van der Waals surface area contributed by atoms with E-state index in [-0.39, 0.29) is 18.4 Å². The first kappa shape index (κ1) is 22.5. The fourth-order valence-electron chi connectivity index (χ4n) is 2.55. The number of benzene rings is 1. The van der Waals surface area contributed by atoms with Gasteiger partial charge in [-0.1, -0.05) is 64.4 Å². The van der Waals surface area contributed by atoms with Gasteiger partial charge >= 0.3 is 12.1 Å². The molecule has 0 heterocycles. The number of nitrogens with one attached hydrogen (secondary N) is 2. The minimum absolute atomic E-state index is 0.0906. The third-order valence-corrected chi connectivity index (χ3v) is 4.31. The van der Waals surface area contributed by atoms with E-state index >= 15 is 0 Å². The number of alkyl carbamates (subject to hydrolysis) is 1. The van der Waals surface area contributed by atoms with E-state index in [1.807, 2.05) is 51.1 Å². The van der Waals surface area contributed by atoms with Crippen LogP contribution in [0.2, 0.25) is 0 Å². The van der Waals surface area contributed by atoms with Gasteiger partial charge in [-0.3, -0.25) is 4.79 Å². The Morgan fingerprint density at radius 3 is 2.22 bits per heavy atom. The Bertz CT molecular complexity index is 618. The summed E-state index contributed by atoms with van der Waals surface area (Å²) in [4.78, 5) is 36.1. The van der Waals surface area contributed by atoms with Crippen LogP contribution in [-0.2, 0) is 20.9 Å². The van der Waals surface area contributed by atoms with Gasteiger partial charge in [0.2, 0.25) is 5.91 Å². The summed E-state index contributed by atoms with van der Waals surface area (Å²) < 4.78 is 5.16. The number of carbonyl (C=O) groups is 3. The number of carboxylic acid groups (broad SMARTS) is 1. The van der Waals surface area contributed by atoms with Gasteiger partial charge in [0.1, 0.15) is 18.7 Å². The number of ether oxygens (including phenoxy) is 1. The van der Waals surface area contributed by atoms with Crippen LogP contribution >= 0.6 is 0 Å². The Morgan fingerprint density at radius 1 is 1.07 bits per heavy atom. The predicted molar refractivity (Wildman–Crippen MR) is 102 cm³/mol. The second-order valence-electron chi connectivity index (χ2n) is 7.10. The monoisotopic (exact) mass is 378 g/mol. The van der Waals surface area contributed by atoms with E-state index in [1.165, 1.54) is 0 Å². The standard InChI is InChI=1S/C20H30N2O5/c1-5-14(4)17(19(24)25)22-18(23)16(11-13(2)3)21-20(26)27-12-15-9-7-6-8-10-15/h6-10,13-14,16-17H,5,11-12H2,1-4H3,(H,21,26)(H,22,23)(H,24,25)/t14-,16+,17+/m1/s1. The maximum Gasteiger partial charge on any atom is 0.408 e. The highest BCUT2D eigenvalue weighted by Gasteiger charge is 2.30. The van der Waals surface area contributed by atoms with Crippen LogP contribution in [-0.4, -0.2) is 35.2 Å². The zero-order chi connectivity index (χ0) is 20.4. The second-order valence-corrected chi connectivity index (χ2v) is 7.10. The van der Waals surface area contributed by atoms with Crippen LogP contribution in [0.5, 0.6) is 0 Å². The molecule has 150 valence electrons. The zero-order valence-corrected chi connectivity index (χ0v) is 16.4. The summed E-state index contributed by atoms with van der Waals surface area (Å²) in [6.07, 6.45) is 0.271. The van der Waals surface area contributed by atoms with Gasteiger partial charge in [-0.2, -0.15) is 0 Å². The minimum Gasteiger partial charge on any atom is -0.480 e. The van der Waals surface area contributed by atoms with Crippen molar-refractivity contribution >= 4 is 18.0 Å². The third kappa shape index (κ3) is 8.11. The Hall–Kier alpha value is -2.57. The molecule has 0 aromatic heterocycles. The van der Waals surface area contributed by atoms with Crippen molar-refractivity contribution in [1.29, 1.82) is 0 Å². The lowest BCUT2D eigenvalue weighted by Gasteiger charge is -2.25. The molecule has 0 fully saturated rings. The number of aliphatic carboxylic acids is 1. The molecule has 1 aromatic carbocycles. The quantitative estimate of drug-likeness (QED) is 0.581. The number of hydrogen-bond acceptors (Lipinski definition) is 4. The fraction of sp³-hybridized carbons (Fsp3) is 0.550. The van der Waals surface area contributed by atoms with E-state index in [0.29, 0.717) is 12.8 Å². The van der Waals surface area contributed by atoms with Crippen LogP contribution in [0.4, 0.5) is 4.79 Å². The summed E-state index contributed by atoms with van der Waals surface area (Å²) in [5.74, 6) is -1.71. The zero-order valence-electron chi connectivity index (χ0n) is 16.4. The first-order chi connectivity index (χ1) is 12.7. The van der Waals surface area contributed by atoms with Gasteiger partial charge in [0.15, 0.2) is 0 Å². The van der Waals surface area contributed by atoms with E-state index in [0.717, 1.165) is 5.56 Å². The van der Waals surface area contributed by atoms with Crippen LogP contribution in [0.1, 0.15) is 46.1 Å². The largest absolute Gasteiger partial charge is 0.480 e. The van der Waals surface area contributed by atoms with Gasteiger partial charge < -0.3 is 20.5 Å². The van der Waals surface area contributed by atoms with Gasteiger partial charge in [0.25, 0.3) is 0 Å². The molecule has 0 spiro atoms. The van der Waals surface area contributed by atoms with Crippen molar-refractivity contribution in [3.05, 3.63) is 35.9 Å². The molecule has 27 heavy (non-hydrogen) atoms. The molecule has 0 aliphatic heterocycles. The molecule has 0 aliphatic rings. The summed E-state index contributed by atoms with van der Waals surface area (Å²) >= 11 is 0. The van der Waals surface area contributed by atoms with E-state index in [4.69, 9.17) is 4.74 Å². The van der Waals surface area contributed by atoms with Crippen molar-refractivity contribution in [2.24, 2.45) is 11.8 Å². The molecular formula is C20H30N2O5. The highest BCUT2D eigenvalue weighted by atomic mass is 16.5. The van der Waals surface area contributed by atoms with Crippen molar-refractivity contribution < 1.29 is 24.2 Å². The Labute approximate surface area is 160 Å². The van der Waals surface area contributed by atoms with Gasteiger partial charge in [-0.25, -0.2) is 9.59 Å². The summed E-state index contributed by atoms with van der Waals surface area (Å²) in [7, 11) is 0. The van der Waals surface area contributed by atoms with Crippen LogP contribution < -0.4 is 10.6 Å². The summed E-state index contributed by atoms with van der Waals surface area (Å²) in [5, 5.41) is 14.4. The molecule has 1 rings (SSSR count). The van der Waals surface area contributed by atoms with Crippen molar-refractivity contribution in [2.45, 2.75) is 59.2 Å². The smallest absolute Gasteiger partial charge is 0.408 e. The molecule has 3 atom stereocenters. The summed E-state index contributed by atoms with van der Waals surface area (Å²) in [6.45, 7) is 7.55. The molecule has 0 radical (unpaired) electrons. The minimum atomic E-state index is -1.09. The number of carbonyl (C=O) groups excluding carboxylic acids is 2. The van der Waals surface area contributed by atoms with E-state index in [2.05, 4.69) is 10.6 Å². The van der Waals surface area contributed by atoms with Crippen LogP contribution in [0.3, 0.4) is 0 Å². The van der Waals surface area contributed by atoms with Crippen molar-refractivity contribution in [3.8, 4) is 0 Å². The highest BCUT2D eigenvalue weighted by Crippen LogP contribution is 2.11. The first-order valence-electron chi connectivity index (χ1n) is 9.24. The molecular weight excluding hydrogens is 348 g/mol. The van der Waals surface area contributed by atoms with E-state index in [9.17, 15) is 19.5 Å². The maximum atomic E-state index is 12.6. The number of hydrogen-bond donors (Lipinski definition) is 3. The normalized spacial score (nSPS) is 14.1. The molecule has 7 nitrogen and oxygen atoms in total. The lowest BCUT2D eigenvalue weighted by Crippen LogP contribution is -2.53. The fourth-order valence-corrected chi connectivity index (χ4v) is 2.55. The Kier molecular flexibility index (Phi) is 9.33. The Balaban J connectivity index is 2.71. The van der Waals surface area contributed by atoms with Crippen molar-refractivity contribution in [2.75, 3.05) is 0 Å². The second kappa shape index (κ2) is 11.2. The lowest BCUT2D eigenvalue weighted by atomic mass is 9.97. The molecule has 0 aliphatic carbocycles. The number of carboxylic acids is 1. The van der Waals surface area contributed by atoms with Crippen molar-refractivity contribution in [1.82, 2.24) is 10.6 Å². The van der Waals surface area contributed by atoms with E-state index < -0.39 is 30.1 Å². The molecule has 2 amide bonds. The SMILES string of the molecule is CC[C@@H](C)[C@H](NC(=O)[C@H](CC(C)C)NC(=O)OCc1ccccc1)C(=O)O. The van der Waals surface area contributed by atoms with Gasteiger partial charge in [-0.15, -0.1) is 0 Å². The first-order valence-corrected chi connectivity index (χ1v) is 9.24. The van der Waals surface area contributed by atoms with Crippen LogP contribution in [0.15, 0.2) is 30.3 Å². The van der Waals surface area contributed by atoms with Crippen molar-refractivity contribution in [3.63, 3.8) is 0 Å². The average Bonchev–Trinajstić information content (AvgIpc) is 2.63. The predicted octanol–water partition coefficient (Wildman–Crippen LogP) is 2.94. The van der Waals surface area contributed by atoms with E-state index in [1.54, 1.807) is 6.92 Å².